The summed E-state index contributed by atoms with van der Waals surface area (Å²) in [4.78, 5) is 12.3. The lowest BCUT2D eigenvalue weighted by Crippen LogP contribution is -2.30. The second kappa shape index (κ2) is 8.81. The van der Waals surface area contributed by atoms with Crippen molar-refractivity contribution in [3.63, 3.8) is 0 Å². The number of rotatable bonds is 7. The van der Waals surface area contributed by atoms with Crippen LogP contribution in [0.25, 0.3) is 0 Å². The van der Waals surface area contributed by atoms with E-state index in [1.807, 2.05) is 38.2 Å². The Bertz CT molecular complexity index is 688. The molecule has 0 fully saturated rings. The molecule has 1 unspecified atom stereocenters. The van der Waals surface area contributed by atoms with Crippen molar-refractivity contribution >= 4 is 17.5 Å². The zero-order chi connectivity index (χ0) is 17.5. The minimum atomic E-state index is -0.402. The topological polar surface area (TPSA) is 41.1 Å². The maximum absolute atomic E-state index is 13.4. The van der Waals surface area contributed by atoms with Crippen LogP contribution in [-0.2, 0) is 4.79 Å². The van der Waals surface area contributed by atoms with Gasteiger partial charge in [-0.25, -0.2) is 4.39 Å². The van der Waals surface area contributed by atoms with Gasteiger partial charge in [-0.05, 0) is 50.2 Å². The average Bonchev–Trinajstić information content (AvgIpc) is 2.54. The highest BCUT2D eigenvalue weighted by Gasteiger charge is 2.19. The molecule has 0 spiro atoms. The molecule has 0 heterocycles. The molecule has 1 amide bonds. The Labute approximate surface area is 147 Å². The first kappa shape index (κ1) is 18.4. The molecule has 0 saturated carbocycles. The minimum Gasteiger partial charge on any atom is -0.345 e. The van der Waals surface area contributed by atoms with Gasteiger partial charge in [-0.15, -0.1) is 0 Å². The molecule has 1 atom stereocenters. The van der Waals surface area contributed by atoms with E-state index in [1.54, 1.807) is 6.07 Å². The number of benzene rings is 2. The lowest BCUT2D eigenvalue weighted by Gasteiger charge is -2.21. The Balaban J connectivity index is 2.27. The van der Waals surface area contributed by atoms with Gasteiger partial charge in [0.05, 0.1) is 6.04 Å². The number of halogens is 2. The van der Waals surface area contributed by atoms with Crippen molar-refractivity contribution in [3.05, 3.63) is 70.0 Å². The van der Waals surface area contributed by atoms with E-state index < -0.39 is 11.9 Å². The molecule has 5 heteroatoms. The molecule has 2 aromatic rings. The number of carbonyl (C=O) groups excluding carboxylic acids is 1. The van der Waals surface area contributed by atoms with Gasteiger partial charge >= 0.3 is 0 Å². The highest BCUT2D eigenvalue weighted by Crippen LogP contribution is 2.29. The molecule has 0 radical (unpaired) electrons. The van der Waals surface area contributed by atoms with E-state index in [1.165, 1.54) is 12.1 Å². The molecular weight excluding hydrogens is 327 g/mol. The van der Waals surface area contributed by atoms with Crippen LogP contribution >= 0.6 is 11.6 Å². The van der Waals surface area contributed by atoms with Gasteiger partial charge in [0, 0.05) is 11.4 Å². The van der Waals surface area contributed by atoms with Gasteiger partial charge in [0.15, 0.2) is 0 Å². The van der Waals surface area contributed by atoms with Crippen molar-refractivity contribution < 1.29 is 9.18 Å². The molecule has 128 valence electrons. The zero-order valence-electron chi connectivity index (χ0n) is 13.9. The van der Waals surface area contributed by atoms with E-state index in [0.29, 0.717) is 17.0 Å². The van der Waals surface area contributed by atoms with E-state index in [0.717, 1.165) is 24.1 Å². The number of aryl methyl sites for hydroxylation is 1. The van der Waals surface area contributed by atoms with Crippen molar-refractivity contribution in [3.8, 4) is 0 Å². The molecule has 0 aliphatic rings. The molecular formula is C19H22ClFN2O. The minimum absolute atomic E-state index is 0.0591. The summed E-state index contributed by atoms with van der Waals surface area (Å²) in [5, 5.41) is 6.34. The van der Waals surface area contributed by atoms with Crippen LogP contribution in [0.5, 0.6) is 0 Å². The summed E-state index contributed by atoms with van der Waals surface area (Å²) in [6.45, 7) is 2.78. The van der Waals surface area contributed by atoms with Crippen LogP contribution in [0.15, 0.2) is 42.5 Å². The van der Waals surface area contributed by atoms with Crippen LogP contribution in [0.4, 0.5) is 4.39 Å². The largest absolute Gasteiger partial charge is 0.345 e. The van der Waals surface area contributed by atoms with Crippen LogP contribution in [0.3, 0.4) is 0 Å². The molecule has 0 aliphatic heterocycles. The van der Waals surface area contributed by atoms with E-state index >= 15 is 0 Å². The summed E-state index contributed by atoms with van der Waals surface area (Å²) in [6, 6.07) is 11.7. The fourth-order valence-electron chi connectivity index (χ4n) is 2.49. The third-order valence-electron chi connectivity index (χ3n) is 3.82. The van der Waals surface area contributed by atoms with Gasteiger partial charge in [0.25, 0.3) is 0 Å². The van der Waals surface area contributed by atoms with Gasteiger partial charge in [0.2, 0.25) is 5.91 Å². The Morgan fingerprint density at radius 2 is 1.92 bits per heavy atom. The molecule has 0 saturated heterocycles. The molecule has 3 nitrogen and oxygen atoms in total. The van der Waals surface area contributed by atoms with Gasteiger partial charge in [-0.3, -0.25) is 4.79 Å². The summed E-state index contributed by atoms with van der Waals surface area (Å²) in [5.74, 6) is -0.456. The SMILES string of the molecule is CNCCCC(=O)NC(c1ccc(C)cc1)c1ccc(F)cc1Cl. The first-order valence-electron chi connectivity index (χ1n) is 7.96. The Morgan fingerprint density at radius 3 is 2.54 bits per heavy atom. The smallest absolute Gasteiger partial charge is 0.220 e. The highest BCUT2D eigenvalue weighted by molar-refractivity contribution is 6.31. The number of nitrogens with one attached hydrogen (secondary N) is 2. The molecule has 2 N–H and O–H groups in total. The summed E-state index contributed by atoms with van der Waals surface area (Å²) in [7, 11) is 1.85. The zero-order valence-corrected chi connectivity index (χ0v) is 14.7. The lowest BCUT2D eigenvalue weighted by atomic mass is 9.97. The van der Waals surface area contributed by atoms with Crippen molar-refractivity contribution in [2.45, 2.75) is 25.8 Å². The second-order valence-electron chi connectivity index (χ2n) is 5.78. The van der Waals surface area contributed by atoms with Gasteiger partial charge < -0.3 is 10.6 Å². The Kier molecular flexibility index (Phi) is 6.76. The van der Waals surface area contributed by atoms with Crippen LogP contribution in [0, 0.1) is 12.7 Å². The predicted octanol–water partition coefficient (Wildman–Crippen LogP) is 3.99. The van der Waals surface area contributed by atoms with Crippen LogP contribution in [0.2, 0.25) is 5.02 Å². The van der Waals surface area contributed by atoms with E-state index in [4.69, 9.17) is 11.6 Å². The first-order valence-corrected chi connectivity index (χ1v) is 8.34. The molecule has 0 aromatic heterocycles. The fourth-order valence-corrected chi connectivity index (χ4v) is 2.77. The normalized spacial score (nSPS) is 12.0. The van der Waals surface area contributed by atoms with Gasteiger partial charge in [-0.1, -0.05) is 47.5 Å². The quantitative estimate of drug-likeness (QED) is 0.743. The number of amides is 1. The maximum Gasteiger partial charge on any atom is 0.220 e. The van der Waals surface area contributed by atoms with E-state index in [2.05, 4.69) is 10.6 Å². The van der Waals surface area contributed by atoms with Crippen LogP contribution < -0.4 is 10.6 Å². The number of hydrogen-bond acceptors (Lipinski definition) is 2. The second-order valence-corrected chi connectivity index (χ2v) is 6.19. The van der Waals surface area contributed by atoms with Gasteiger partial charge in [-0.2, -0.15) is 0 Å². The molecule has 2 rings (SSSR count). The summed E-state index contributed by atoms with van der Waals surface area (Å²) in [5.41, 5.74) is 2.73. The van der Waals surface area contributed by atoms with Crippen LogP contribution in [-0.4, -0.2) is 19.5 Å². The summed E-state index contributed by atoms with van der Waals surface area (Å²) in [6.07, 6.45) is 1.17. The molecule has 24 heavy (non-hydrogen) atoms. The number of carbonyl (C=O) groups is 1. The average molecular weight is 349 g/mol. The molecule has 2 aromatic carbocycles. The van der Waals surface area contributed by atoms with Crippen molar-refractivity contribution in [1.82, 2.24) is 10.6 Å². The van der Waals surface area contributed by atoms with Crippen molar-refractivity contribution in [1.29, 1.82) is 0 Å². The highest BCUT2D eigenvalue weighted by atomic mass is 35.5. The monoisotopic (exact) mass is 348 g/mol. The van der Waals surface area contributed by atoms with Crippen molar-refractivity contribution in [2.24, 2.45) is 0 Å². The molecule has 0 bridgehead atoms. The van der Waals surface area contributed by atoms with E-state index in [-0.39, 0.29) is 5.91 Å². The lowest BCUT2D eigenvalue weighted by molar-refractivity contribution is -0.121. The third kappa shape index (κ3) is 5.05. The Hall–Kier alpha value is -1.91. The summed E-state index contributed by atoms with van der Waals surface area (Å²) >= 11 is 6.21. The fraction of sp³-hybridized carbons (Fsp3) is 0.316. The third-order valence-corrected chi connectivity index (χ3v) is 4.15. The predicted molar refractivity (Wildman–Crippen MR) is 95.7 cm³/mol. The van der Waals surface area contributed by atoms with Gasteiger partial charge in [0.1, 0.15) is 5.82 Å². The van der Waals surface area contributed by atoms with Crippen LogP contribution in [0.1, 0.15) is 35.6 Å². The Morgan fingerprint density at radius 1 is 1.21 bits per heavy atom. The standard InChI is InChI=1S/C19H22ClFN2O/c1-13-5-7-14(8-6-13)19(23-18(24)4-3-11-22-2)16-10-9-15(21)12-17(16)20/h5-10,12,19,22H,3-4,11H2,1-2H3,(H,23,24). The number of hydrogen-bond donors (Lipinski definition) is 2. The van der Waals surface area contributed by atoms with E-state index in [9.17, 15) is 9.18 Å². The van der Waals surface area contributed by atoms with Crippen molar-refractivity contribution in [2.75, 3.05) is 13.6 Å². The maximum atomic E-state index is 13.4. The molecule has 0 aliphatic carbocycles. The summed E-state index contributed by atoms with van der Waals surface area (Å²) < 4.78 is 13.4. The first-order chi connectivity index (χ1) is 11.5.